The Morgan fingerprint density at radius 3 is 2.56 bits per heavy atom. The van der Waals surface area contributed by atoms with Gasteiger partial charge in [-0.15, -0.1) is 23.5 Å². The fraction of sp³-hybridized carbons (Fsp3) is 1.00. The minimum Gasteiger partial charge on any atom is -0.148 e. The molecule has 1 heterocycles. The minimum atomic E-state index is 0.887. The lowest BCUT2D eigenvalue weighted by Gasteiger charge is -2.19. The molecule has 1 aliphatic heterocycles. The van der Waals surface area contributed by atoms with E-state index in [0.29, 0.717) is 0 Å². The number of alkyl halides is 1. The van der Waals surface area contributed by atoms with Gasteiger partial charge in [0.1, 0.15) is 0 Å². The molecule has 1 rings (SSSR count). The lowest BCUT2D eigenvalue weighted by atomic mass is 10.5. The predicted molar refractivity (Wildman–Crippen MR) is 51.7 cm³/mol. The van der Waals surface area contributed by atoms with E-state index >= 15 is 0 Å². The van der Waals surface area contributed by atoms with Gasteiger partial charge in [-0.05, 0) is 24.3 Å². The van der Waals surface area contributed by atoms with E-state index in [4.69, 9.17) is 0 Å². The highest BCUT2D eigenvalue weighted by atomic mass is 79.9. The van der Waals surface area contributed by atoms with Gasteiger partial charge in [-0.3, -0.25) is 0 Å². The van der Waals surface area contributed by atoms with Gasteiger partial charge in [-0.1, -0.05) is 15.9 Å². The third-order valence-corrected chi connectivity index (χ3v) is 4.78. The van der Waals surface area contributed by atoms with Crippen LogP contribution < -0.4 is 0 Å². The second kappa shape index (κ2) is 4.91. The molecule has 0 aromatic carbocycles. The van der Waals surface area contributed by atoms with Crippen LogP contribution in [0.15, 0.2) is 0 Å². The van der Waals surface area contributed by atoms with E-state index in [0.717, 1.165) is 9.91 Å². The van der Waals surface area contributed by atoms with Crippen molar-refractivity contribution in [3.63, 3.8) is 0 Å². The first-order valence-corrected chi connectivity index (χ1v) is 6.44. The van der Waals surface area contributed by atoms with E-state index in [-0.39, 0.29) is 0 Å². The van der Waals surface area contributed by atoms with E-state index in [1.807, 2.05) is 0 Å². The van der Waals surface area contributed by atoms with Gasteiger partial charge in [0.2, 0.25) is 0 Å². The van der Waals surface area contributed by atoms with Crippen LogP contribution in [0.1, 0.15) is 12.8 Å². The zero-order chi connectivity index (χ0) is 6.53. The van der Waals surface area contributed by atoms with Crippen LogP contribution in [0.4, 0.5) is 0 Å². The summed E-state index contributed by atoms with van der Waals surface area (Å²) in [5, 5.41) is 1.16. The smallest absolute Gasteiger partial charge is 0.0510 e. The standard InChI is InChI=1S/C6H11BrS2/c7-3-2-6-8-4-1-5-9-6/h6H,1-5H2. The van der Waals surface area contributed by atoms with Crippen molar-refractivity contribution in [1.82, 2.24) is 0 Å². The lowest BCUT2D eigenvalue weighted by Crippen LogP contribution is -2.06. The SMILES string of the molecule is BrCCC1SCCCS1. The maximum Gasteiger partial charge on any atom is 0.0510 e. The molecule has 9 heavy (non-hydrogen) atoms. The van der Waals surface area contributed by atoms with Crippen LogP contribution in [-0.4, -0.2) is 21.4 Å². The number of rotatable bonds is 2. The van der Waals surface area contributed by atoms with Crippen LogP contribution in [0.5, 0.6) is 0 Å². The molecule has 0 bridgehead atoms. The van der Waals surface area contributed by atoms with Gasteiger partial charge in [0.05, 0.1) is 4.58 Å². The molecule has 1 saturated heterocycles. The third kappa shape index (κ3) is 3.19. The summed E-state index contributed by atoms with van der Waals surface area (Å²) >= 11 is 7.70. The van der Waals surface area contributed by atoms with Crippen LogP contribution in [0.25, 0.3) is 0 Å². The lowest BCUT2D eigenvalue weighted by molar-refractivity contribution is 1.03. The minimum absolute atomic E-state index is 0.887. The summed E-state index contributed by atoms with van der Waals surface area (Å²) in [6.45, 7) is 0. The highest BCUT2D eigenvalue weighted by molar-refractivity contribution is 9.09. The summed E-state index contributed by atoms with van der Waals surface area (Å²) in [6, 6.07) is 0. The van der Waals surface area contributed by atoms with Crippen LogP contribution in [0, 0.1) is 0 Å². The van der Waals surface area contributed by atoms with Crippen molar-refractivity contribution in [3.8, 4) is 0 Å². The van der Waals surface area contributed by atoms with Crippen LogP contribution >= 0.6 is 39.5 Å². The summed E-state index contributed by atoms with van der Waals surface area (Å²) in [4.78, 5) is 0. The van der Waals surface area contributed by atoms with E-state index in [1.54, 1.807) is 0 Å². The number of hydrogen-bond acceptors (Lipinski definition) is 2. The van der Waals surface area contributed by atoms with E-state index in [2.05, 4.69) is 39.5 Å². The van der Waals surface area contributed by atoms with Gasteiger partial charge in [0, 0.05) is 5.33 Å². The molecule has 0 aliphatic carbocycles. The average molecular weight is 227 g/mol. The van der Waals surface area contributed by atoms with Gasteiger partial charge >= 0.3 is 0 Å². The van der Waals surface area contributed by atoms with E-state index in [9.17, 15) is 0 Å². The van der Waals surface area contributed by atoms with Crippen LogP contribution in [0.3, 0.4) is 0 Å². The van der Waals surface area contributed by atoms with Crippen LogP contribution in [0.2, 0.25) is 0 Å². The summed E-state index contributed by atoms with van der Waals surface area (Å²) in [5.41, 5.74) is 0. The Balaban J connectivity index is 2.08. The first-order valence-electron chi connectivity index (χ1n) is 3.22. The quantitative estimate of drug-likeness (QED) is 0.665. The largest absolute Gasteiger partial charge is 0.148 e. The maximum atomic E-state index is 3.46. The summed E-state index contributed by atoms with van der Waals surface area (Å²) < 4.78 is 0.887. The molecule has 0 atom stereocenters. The average Bonchev–Trinajstić information content (AvgIpc) is 1.91. The first-order chi connectivity index (χ1) is 4.43. The molecule has 1 fully saturated rings. The topological polar surface area (TPSA) is 0 Å². The molecule has 0 N–H and O–H groups in total. The predicted octanol–water partition coefficient (Wildman–Crippen LogP) is 2.97. The molecule has 1 aliphatic rings. The van der Waals surface area contributed by atoms with Crippen molar-refractivity contribution in [2.24, 2.45) is 0 Å². The van der Waals surface area contributed by atoms with Gasteiger partial charge in [-0.25, -0.2) is 0 Å². The summed E-state index contributed by atoms with van der Waals surface area (Å²) in [6.07, 6.45) is 2.74. The molecule has 3 heteroatoms. The van der Waals surface area contributed by atoms with Crippen molar-refractivity contribution in [1.29, 1.82) is 0 Å². The monoisotopic (exact) mass is 226 g/mol. The second-order valence-electron chi connectivity index (χ2n) is 2.00. The number of thioether (sulfide) groups is 2. The number of halogens is 1. The second-order valence-corrected chi connectivity index (χ2v) is 5.71. The molecule has 0 spiro atoms. The fourth-order valence-corrected chi connectivity index (χ4v) is 4.72. The zero-order valence-corrected chi connectivity index (χ0v) is 8.53. The molecule has 0 saturated carbocycles. The van der Waals surface area contributed by atoms with E-state index < -0.39 is 0 Å². The Morgan fingerprint density at radius 1 is 1.33 bits per heavy atom. The maximum absolute atomic E-state index is 3.46. The highest BCUT2D eigenvalue weighted by Gasteiger charge is 2.12. The van der Waals surface area contributed by atoms with Crippen molar-refractivity contribution in [3.05, 3.63) is 0 Å². The Hall–Kier alpha value is 1.18. The molecular weight excluding hydrogens is 216 g/mol. The summed E-state index contributed by atoms with van der Waals surface area (Å²) in [5.74, 6) is 2.76. The molecule has 0 unspecified atom stereocenters. The van der Waals surface area contributed by atoms with Gasteiger partial charge < -0.3 is 0 Å². The molecule has 54 valence electrons. The normalized spacial score (nSPS) is 22.3. The molecule has 0 aromatic rings. The molecule has 0 radical (unpaired) electrons. The Bertz CT molecular complexity index is 68.7. The third-order valence-electron chi connectivity index (χ3n) is 1.24. The molecule has 0 aromatic heterocycles. The molecular formula is C6H11BrS2. The van der Waals surface area contributed by atoms with Crippen molar-refractivity contribution < 1.29 is 0 Å². The number of hydrogen-bond donors (Lipinski definition) is 0. The van der Waals surface area contributed by atoms with Crippen molar-refractivity contribution in [2.75, 3.05) is 16.8 Å². The highest BCUT2D eigenvalue weighted by Crippen LogP contribution is 2.32. The Labute approximate surface area is 73.7 Å². The van der Waals surface area contributed by atoms with Crippen LogP contribution in [-0.2, 0) is 0 Å². The zero-order valence-electron chi connectivity index (χ0n) is 5.31. The van der Waals surface area contributed by atoms with Crippen molar-refractivity contribution in [2.45, 2.75) is 17.4 Å². The Kier molecular flexibility index (Phi) is 4.52. The van der Waals surface area contributed by atoms with E-state index in [1.165, 1.54) is 24.3 Å². The van der Waals surface area contributed by atoms with Gasteiger partial charge in [0.25, 0.3) is 0 Å². The Morgan fingerprint density at radius 2 is 2.00 bits per heavy atom. The summed E-state index contributed by atoms with van der Waals surface area (Å²) in [7, 11) is 0. The van der Waals surface area contributed by atoms with Crippen molar-refractivity contribution >= 4 is 39.5 Å². The molecule has 0 amide bonds. The molecule has 0 nitrogen and oxygen atoms in total. The van der Waals surface area contributed by atoms with Gasteiger partial charge in [-0.2, -0.15) is 0 Å². The fourth-order valence-electron chi connectivity index (χ4n) is 0.792. The first kappa shape index (κ1) is 8.28. The van der Waals surface area contributed by atoms with Gasteiger partial charge in [0.15, 0.2) is 0 Å².